The Kier molecular flexibility index (Phi) is 2.58. The van der Waals surface area contributed by atoms with Crippen LogP contribution in [-0.2, 0) is 0 Å². The number of anilines is 1. The Hall–Kier alpha value is -1.24. The van der Waals surface area contributed by atoms with Gasteiger partial charge in [-0.2, -0.15) is 0 Å². The van der Waals surface area contributed by atoms with Gasteiger partial charge in [0.05, 0.1) is 16.1 Å². The summed E-state index contributed by atoms with van der Waals surface area (Å²) in [6.45, 7) is 0. The molecule has 0 unspecified atom stereocenters. The minimum absolute atomic E-state index is 0.344. The van der Waals surface area contributed by atoms with Gasteiger partial charge in [0.25, 0.3) is 0 Å². The van der Waals surface area contributed by atoms with Crippen LogP contribution >= 0.6 is 22.9 Å². The van der Waals surface area contributed by atoms with Gasteiger partial charge in [-0.15, -0.1) is 11.6 Å². The zero-order valence-electron chi connectivity index (χ0n) is 7.25. The number of thiazole rings is 1. The summed E-state index contributed by atoms with van der Waals surface area (Å²) in [6, 6.07) is 5.84. The maximum Gasteiger partial charge on any atom is 0.181 e. The highest BCUT2D eigenvalue weighted by molar-refractivity contribution is 7.22. The maximum absolute atomic E-state index is 5.59. The van der Waals surface area contributed by atoms with Crippen molar-refractivity contribution in [3.8, 4) is 11.8 Å². The normalized spacial score (nSPS) is 9.79. The molecule has 1 aromatic heterocycles. The number of fused-ring (bicyclic) bond motifs is 1. The lowest BCUT2D eigenvalue weighted by Gasteiger charge is -1.89. The molecular formula is C10H7ClN2S. The van der Waals surface area contributed by atoms with Gasteiger partial charge in [-0.3, -0.25) is 0 Å². The SMILES string of the molecule is Nc1nc2cc(C#CCCl)ccc2s1. The highest BCUT2D eigenvalue weighted by Crippen LogP contribution is 2.23. The Morgan fingerprint density at radius 3 is 3.14 bits per heavy atom. The molecule has 2 rings (SSSR count). The number of benzene rings is 1. The average Bonchev–Trinajstić information content (AvgIpc) is 2.54. The fourth-order valence-corrected chi connectivity index (χ4v) is 1.94. The number of nitrogens with two attached hydrogens (primary N) is 1. The van der Waals surface area contributed by atoms with E-state index in [0.29, 0.717) is 11.0 Å². The van der Waals surface area contributed by atoms with Crippen LogP contribution in [0.2, 0.25) is 0 Å². The van der Waals surface area contributed by atoms with Crippen molar-refractivity contribution in [3.05, 3.63) is 23.8 Å². The molecule has 0 saturated carbocycles. The van der Waals surface area contributed by atoms with Gasteiger partial charge < -0.3 is 5.73 Å². The molecule has 0 aliphatic rings. The maximum atomic E-state index is 5.59. The molecule has 2 N–H and O–H groups in total. The summed E-state index contributed by atoms with van der Waals surface area (Å²) in [4.78, 5) is 4.18. The lowest BCUT2D eigenvalue weighted by molar-refractivity contribution is 1.49. The number of aromatic nitrogens is 1. The Morgan fingerprint density at radius 2 is 2.36 bits per heavy atom. The van der Waals surface area contributed by atoms with Gasteiger partial charge in [0.15, 0.2) is 5.13 Å². The molecule has 0 saturated heterocycles. The second-order valence-corrected chi connectivity index (χ2v) is 4.00. The van der Waals surface area contributed by atoms with Crippen LogP contribution < -0.4 is 5.73 Å². The summed E-state index contributed by atoms with van der Waals surface area (Å²) in [7, 11) is 0. The quantitative estimate of drug-likeness (QED) is 0.550. The summed E-state index contributed by atoms with van der Waals surface area (Å²) >= 11 is 6.94. The van der Waals surface area contributed by atoms with Gasteiger partial charge in [-0.25, -0.2) is 4.98 Å². The molecule has 0 aliphatic carbocycles. The number of halogens is 1. The van der Waals surface area contributed by atoms with Crippen molar-refractivity contribution in [1.82, 2.24) is 4.98 Å². The topological polar surface area (TPSA) is 38.9 Å². The molecule has 0 fully saturated rings. The van der Waals surface area contributed by atoms with E-state index in [0.717, 1.165) is 15.8 Å². The molecule has 0 radical (unpaired) electrons. The molecule has 1 aromatic carbocycles. The minimum atomic E-state index is 0.344. The average molecular weight is 223 g/mol. The van der Waals surface area contributed by atoms with Crippen molar-refractivity contribution in [1.29, 1.82) is 0 Å². The predicted molar refractivity (Wildman–Crippen MR) is 61.6 cm³/mol. The lowest BCUT2D eigenvalue weighted by atomic mass is 10.2. The van der Waals surface area contributed by atoms with Crippen molar-refractivity contribution in [2.24, 2.45) is 0 Å². The van der Waals surface area contributed by atoms with Crippen molar-refractivity contribution >= 4 is 38.3 Å². The second-order valence-electron chi connectivity index (χ2n) is 2.67. The Morgan fingerprint density at radius 1 is 1.50 bits per heavy atom. The first-order valence-corrected chi connectivity index (χ1v) is 5.35. The highest BCUT2D eigenvalue weighted by Gasteiger charge is 2.00. The monoisotopic (exact) mass is 222 g/mol. The van der Waals surface area contributed by atoms with E-state index in [4.69, 9.17) is 17.3 Å². The van der Waals surface area contributed by atoms with E-state index in [-0.39, 0.29) is 0 Å². The lowest BCUT2D eigenvalue weighted by Crippen LogP contribution is -1.79. The largest absolute Gasteiger partial charge is 0.375 e. The number of hydrogen-bond acceptors (Lipinski definition) is 3. The van der Waals surface area contributed by atoms with E-state index in [1.165, 1.54) is 11.3 Å². The van der Waals surface area contributed by atoms with E-state index in [2.05, 4.69) is 16.8 Å². The van der Waals surface area contributed by atoms with E-state index >= 15 is 0 Å². The number of rotatable bonds is 0. The molecule has 2 aromatic rings. The van der Waals surface area contributed by atoms with Gasteiger partial charge in [0.1, 0.15) is 0 Å². The first-order chi connectivity index (χ1) is 6.79. The molecule has 4 heteroatoms. The number of hydrogen-bond donors (Lipinski definition) is 1. The second kappa shape index (κ2) is 3.87. The van der Waals surface area contributed by atoms with Gasteiger partial charge >= 0.3 is 0 Å². The predicted octanol–water partition coefficient (Wildman–Crippen LogP) is 2.47. The molecule has 2 nitrogen and oxygen atoms in total. The molecule has 0 atom stereocenters. The molecule has 0 spiro atoms. The van der Waals surface area contributed by atoms with Crippen LogP contribution in [0.5, 0.6) is 0 Å². The molecule has 1 heterocycles. The van der Waals surface area contributed by atoms with Crippen LogP contribution in [0.1, 0.15) is 5.56 Å². The third-order valence-electron chi connectivity index (χ3n) is 1.70. The molecule has 14 heavy (non-hydrogen) atoms. The van der Waals surface area contributed by atoms with Crippen LogP contribution in [0.4, 0.5) is 5.13 Å². The summed E-state index contributed by atoms with van der Waals surface area (Å²) in [6.07, 6.45) is 0. The van der Waals surface area contributed by atoms with Crippen LogP contribution in [0.3, 0.4) is 0 Å². The van der Waals surface area contributed by atoms with Crippen LogP contribution in [0.15, 0.2) is 18.2 Å². The summed E-state index contributed by atoms with van der Waals surface area (Å²) < 4.78 is 1.08. The zero-order valence-corrected chi connectivity index (χ0v) is 8.82. The molecule has 0 amide bonds. The van der Waals surface area contributed by atoms with Crippen molar-refractivity contribution in [2.75, 3.05) is 11.6 Å². The van der Waals surface area contributed by atoms with Gasteiger partial charge in [0, 0.05) is 5.56 Å². The van der Waals surface area contributed by atoms with E-state index in [1.807, 2.05) is 18.2 Å². The standard InChI is InChI=1S/C10H7ClN2S/c11-5-1-2-7-3-4-9-8(6-7)13-10(12)14-9/h3-4,6H,5H2,(H2,12,13). The van der Waals surface area contributed by atoms with Crippen LogP contribution in [-0.4, -0.2) is 10.9 Å². The first-order valence-electron chi connectivity index (χ1n) is 4.00. The van der Waals surface area contributed by atoms with E-state index < -0.39 is 0 Å². The first kappa shape index (κ1) is 9.32. The minimum Gasteiger partial charge on any atom is -0.375 e. The van der Waals surface area contributed by atoms with Gasteiger partial charge in [-0.05, 0) is 18.2 Å². The summed E-state index contributed by atoms with van der Waals surface area (Å²) in [5, 5.41) is 0.586. The van der Waals surface area contributed by atoms with Crippen LogP contribution in [0, 0.1) is 11.8 Å². The highest BCUT2D eigenvalue weighted by atomic mass is 35.5. The fourth-order valence-electron chi connectivity index (χ4n) is 1.16. The van der Waals surface area contributed by atoms with Crippen LogP contribution in [0.25, 0.3) is 10.2 Å². The van der Waals surface area contributed by atoms with Gasteiger partial charge in [-0.1, -0.05) is 23.2 Å². The van der Waals surface area contributed by atoms with Gasteiger partial charge in [0.2, 0.25) is 0 Å². The molecule has 70 valence electrons. The Bertz CT molecular complexity index is 522. The third-order valence-corrected chi connectivity index (χ3v) is 2.70. The molecule has 0 aliphatic heterocycles. The Balaban J connectivity index is 2.50. The van der Waals surface area contributed by atoms with Crippen molar-refractivity contribution in [2.45, 2.75) is 0 Å². The zero-order chi connectivity index (χ0) is 9.97. The van der Waals surface area contributed by atoms with Crippen molar-refractivity contribution < 1.29 is 0 Å². The molecular weight excluding hydrogens is 216 g/mol. The summed E-state index contributed by atoms with van der Waals surface area (Å²) in [5.41, 5.74) is 7.41. The van der Waals surface area contributed by atoms with E-state index in [1.54, 1.807) is 0 Å². The van der Waals surface area contributed by atoms with E-state index in [9.17, 15) is 0 Å². The number of alkyl halides is 1. The smallest absolute Gasteiger partial charge is 0.181 e. The number of nitrogen functional groups attached to an aromatic ring is 1. The number of nitrogens with zero attached hydrogens (tertiary/aromatic N) is 1. The van der Waals surface area contributed by atoms with Crippen molar-refractivity contribution in [3.63, 3.8) is 0 Å². The Labute approximate surface area is 90.7 Å². The molecule has 0 bridgehead atoms. The fraction of sp³-hybridized carbons (Fsp3) is 0.100. The third kappa shape index (κ3) is 1.82. The summed E-state index contributed by atoms with van der Waals surface area (Å²) in [5.74, 6) is 6.08.